The molecule has 4 rings (SSSR count). The van der Waals surface area contributed by atoms with Crippen molar-refractivity contribution in [2.24, 2.45) is 10.3 Å². The Kier molecular flexibility index (Phi) is 7.21. The number of thiazole rings is 1. The standard InChI is InChI=1S/C21H21N7O6S2/c1-10(25-33)11-3-5-27(6-4-11)7-12-8-35-19-15(18(30)28(19)16(12)20(31)32)24-17(29)14(26-34-2)13-9-36-21(22)23-13/h3-6,9,15,19H,7-8H2,1-2H3,(H4,22,23,24,29,31,32)/t15?,19-/m0/s1. The van der Waals surface area contributed by atoms with Gasteiger partial charge in [-0.1, -0.05) is 10.3 Å². The summed E-state index contributed by atoms with van der Waals surface area (Å²) < 4.78 is 1.74. The minimum absolute atomic E-state index is 0.157. The summed E-state index contributed by atoms with van der Waals surface area (Å²) in [5.74, 6) is -2.46. The first-order valence-corrected chi connectivity index (χ1v) is 12.4. The largest absolute Gasteiger partial charge is 0.543 e. The second-order valence-corrected chi connectivity index (χ2v) is 9.73. The molecule has 1 unspecified atom stereocenters. The van der Waals surface area contributed by atoms with Gasteiger partial charge in [-0.25, -0.2) is 9.55 Å². The van der Waals surface area contributed by atoms with E-state index in [1.807, 2.05) is 0 Å². The molecule has 2 aliphatic rings. The SMILES string of the molecule is CON=C(C(=O)NC1C(=O)N2C(C(=O)[O-])=C(C[n+]3ccc(C(C)=NO)cc3)CS[C@@H]12)c1csc(N)n1. The van der Waals surface area contributed by atoms with Crippen LogP contribution in [0.15, 0.2) is 51.5 Å². The molecule has 2 aliphatic heterocycles. The molecule has 1 fully saturated rings. The van der Waals surface area contributed by atoms with Gasteiger partial charge in [0.05, 0.1) is 17.4 Å². The number of amides is 2. The van der Waals surface area contributed by atoms with Gasteiger partial charge in [0.15, 0.2) is 29.8 Å². The lowest BCUT2D eigenvalue weighted by molar-refractivity contribution is -0.689. The highest BCUT2D eigenvalue weighted by molar-refractivity contribution is 8.00. The molecule has 15 heteroatoms. The van der Waals surface area contributed by atoms with E-state index in [1.165, 1.54) is 24.3 Å². The molecule has 1 saturated heterocycles. The number of hydrogen-bond acceptors (Lipinski definition) is 12. The van der Waals surface area contributed by atoms with Gasteiger partial charge in [-0.3, -0.25) is 14.5 Å². The van der Waals surface area contributed by atoms with Gasteiger partial charge in [0.1, 0.15) is 24.2 Å². The third-order valence-corrected chi connectivity index (χ3v) is 7.54. The van der Waals surface area contributed by atoms with Crippen LogP contribution in [0.25, 0.3) is 0 Å². The van der Waals surface area contributed by atoms with Crippen molar-refractivity contribution in [1.82, 2.24) is 15.2 Å². The highest BCUT2D eigenvalue weighted by atomic mass is 32.2. The Bertz CT molecular complexity index is 1300. The number of aliphatic carboxylic acids is 1. The molecule has 13 nitrogen and oxygen atoms in total. The number of fused-ring (bicyclic) bond motifs is 1. The monoisotopic (exact) mass is 531 g/mol. The molecule has 188 valence electrons. The second-order valence-electron chi connectivity index (χ2n) is 7.74. The molecule has 0 radical (unpaired) electrons. The molecular formula is C21H21N7O6S2. The van der Waals surface area contributed by atoms with E-state index in [1.54, 1.807) is 36.0 Å². The Balaban J connectivity index is 1.52. The number of β-lactam (4-membered cyclic amide) rings is 1. The third-order valence-electron chi connectivity index (χ3n) is 5.52. The van der Waals surface area contributed by atoms with Crippen LogP contribution in [0, 0.1) is 0 Å². The Morgan fingerprint density at radius 2 is 2.14 bits per heavy atom. The van der Waals surface area contributed by atoms with Gasteiger partial charge in [0.25, 0.3) is 11.8 Å². The molecule has 2 aromatic rings. The fourth-order valence-electron chi connectivity index (χ4n) is 3.78. The molecule has 0 saturated carbocycles. The van der Waals surface area contributed by atoms with Crippen LogP contribution >= 0.6 is 23.1 Å². The number of thioether (sulfide) groups is 1. The number of nitrogens with two attached hydrogens (primary N) is 1. The molecular weight excluding hydrogens is 510 g/mol. The van der Waals surface area contributed by atoms with Gasteiger partial charge in [0, 0.05) is 34.4 Å². The summed E-state index contributed by atoms with van der Waals surface area (Å²) in [5.41, 5.74) is 7.08. The lowest BCUT2D eigenvalue weighted by Gasteiger charge is -2.50. The van der Waals surface area contributed by atoms with E-state index in [0.29, 0.717) is 22.6 Å². The average molecular weight is 532 g/mol. The van der Waals surface area contributed by atoms with Crippen molar-refractivity contribution in [3.63, 3.8) is 0 Å². The molecule has 4 N–H and O–H groups in total. The lowest BCUT2D eigenvalue weighted by atomic mass is 10.0. The highest BCUT2D eigenvalue weighted by Crippen LogP contribution is 2.40. The minimum atomic E-state index is -1.48. The lowest BCUT2D eigenvalue weighted by Crippen LogP contribution is -2.71. The average Bonchev–Trinajstić information content (AvgIpc) is 3.30. The molecule has 0 bridgehead atoms. The molecule has 36 heavy (non-hydrogen) atoms. The van der Waals surface area contributed by atoms with E-state index in [9.17, 15) is 19.5 Å². The van der Waals surface area contributed by atoms with Crippen molar-refractivity contribution in [1.29, 1.82) is 0 Å². The van der Waals surface area contributed by atoms with Crippen molar-refractivity contribution >= 4 is 57.4 Å². The van der Waals surface area contributed by atoms with Gasteiger partial charge in [0.2, 0.25) is 0 Å². The van der Waals surface area contributed by atoms with Crippen LogP contribution in [0.3, 0.4) is 0 Å². The summed E-state index contributed by atoms with van der Waals surface area (Å²) in [7, 11) is 1.27. The number of carboxylic acid groups (broad SMARTS) is 1. The second kappa shape index (κ2) is 10.3. The summed E-state index contributed by atoms with van der Waals surface area (Å²) >= 11 is 2.44. The first-order chi connectivity index (χ1) is 17.2. The van der Waals surface area contributed by atoms with Gasteiger partial charge in [-0.15, -0.1) is 23.1 Å². The highest BCUT2D eigenvalue weighted by Gasteiger charge is 2.53. The van der Waals surface area contributed by atoms with Crippen molar-refractivity contribution < 1.29 is 34.1 Å². The topological polar surface area (TPSA) is 187 Å². The zero-order valence-electron chi connectivity index (χ0n) is 19.1. The van der Waals surface area contributed by atoms with Crippen LogP contribution < -0.4 is 20.7 Å². The maximum Gasteiger partial charge on any atom is 0.276 e. The number of pyridine rings is 1. The number of nitrogens with zero attached hydrogens (tertiary/aromatic N) is 5. The normalized spacial score (nSPS) is 20.1. The number of rotatable bonds is 8. The number of aromatic nitrogens is 2. The maximum atomic E-state index is 12.9. The minimum Gasteiger partial charge on any atom is -0.543 e. The summed E-state index contributed by atoms with van der Waals surface area (Å²) in [6.45, 7) is 1.85. The van der Waals surface area contributed by atoms with Gasteiger partial charge in [-0.2, -0.15) is 0 Å². The van der Waals surface area contributed by atoms with Gasteiger partial charge in [-0.05, 0) is 6.92 Å². The number of oxime groups is 2. The quantitative estimate of drug-likeness (QED) is 0.122. The smallest absolute Gasteiger partial charge is 0.276 e. The zero-order valence-corrected chi connectivity index (χ0v) is 20.7. The Morgan fingerprint density at radius 3 is 2.72 bits per heavy atom. The van der Waals surface area contributed by atoms with Crippen LogP contribution in [0.5, 0.6) is 0 Å². The number of carboxylic acids is 1. The summed E-state index contributed by atoms with van der Waals surface area (Å²) in [6.07, 6.45) is 3.42. The molecule has 2 atom stereocenters. The third kappa shape index (κ3) is 4.74. The molecule has 0 aliphatic carbocycles. The van der Waals surface area contributed by atoms with E-state index >= 15 is 0 Å². The number of nitrogens with one attached hydrogen (secondary N) is 1. The van der Waals surface area contributed by atoms with Crippen LogP contribution in [0.1, 0.15) is 18.2 Å². The van der Waals surface area contributed by atoms with Crippen LogP contribution in [-0.2, 0) is 25.8 Å². The van der Waals surface area contributed by atoms with E-state index < -0.39 is 29.2 Å². The molecule has 4 heterocycles. The fraction of sp³-hybridized carbons (Fsp3) is 0.286. The van der Waals surface area contributed by atoms with Crippen LogP contribution in [0.4, 0.5) is 5.13 Å². The van der Waals surface area contributed by atoms with Crippen molar-refractivity contribution in [3.05, 3.63) is 52.4 Å². The molecule has 0 spiro atoms. The van der Waals surface area contributed by atoms with Crippen molar-refractivity contribution in [2.75, 3.05) is 18.6 Å². The predicted octanol–water partition coefficient (Wildman–Crippen LogP) is -1.33. The Morgan fingerprint density at radius 1 is 1.42 bits per heavy atom. The Hall–Kier alpha value is -3.98. The number of hydrogen-bond donors (Lipinski definition) is 3. The van der Waals surface area contributed by atoms with Gasteiger partial charge < -0.3 is 31.0 Å². The number of carbonyl (C=O) groups is 3. The van der Waals surface area contributed by atoms with E-state index in [2.05, 4.69) is 20.6 Å². The van der Waals surface area contributed by atoms with Crippen molar-refractivity contribution in [3.8, 4) is 0 Å². The first kappa shape index (κ1) is 25.1. The molecule has 2 amide bonds. The predicted molar refractivity (Wildman–Crippen MR) is 128 cm³/mol. The van der Waals surface area contributed by atoms with E-state index in [4.69, 9.17) is 15.8 Å². The molecule has 0 aromatic carbocycles. The van der Waals surface area contributed by atoms with E-state index in [0.717, 1.165) is 16.2 Å². The summed E-state index contributed by atoms with van der Waals surface area (Å²) in [6, 6.07) is 2.48. The van der Waals surface area contributed by atoms with Crippen LogP contribution in [0.2, 0.25) is 0 Å². The number of carbonyl (C=O) groups excluding carboxylic acids is 3. The maximum absolute atomic E-state index is 12.9. The number of nitrogen functional groups attached to an aromatic ring is 1. The number of anilines is 1. The fourth-order valence-corrected chi connectivity index (χ4v) is 5.66. The van der Waals surface area contributed by atoms with Crippen LogP contribution in [-0.4, -0.2) is 68.6 Å². The van der Waals surface area contributed by atoms with E-state index in [-0.39, 0.29) is 28.8 Å². The summed E-state index contributed by atoms with van der Waals surface area (Å²) in [4.78, 5) is 47.7. The van der Waals surface area contributed by atoms with Crippen molar-refractivity contribution in [2.45, 2.75) is 24.9 Å². The Labute approximate surface area is 212 Å². The zero-order chi connectivity index (χ0) is 26.0. The van der Waals surface area contributed by atoms with Gasteiger partial charge >= 0.3 is 0 Å². The molecule has 2 aromatic heterocycles. The summed E-state index contributed by atoms with van der Waals surface area (Å²) in [5, 5.41) is 31.5. The first-order valence-electron chi connectivity index (χ1n) is 10.4.